The van der Waals surface area contributed by atoms with Crippen LogP contribution >= 0.6 is 11.8 Å². The lowest BCUT2D eigenvalue weighted by atomic mass is 10.2. The van der Waals surface area contributed by atoms with E-state index in [-0.39, 0.29) is 12.5 Å². The van der Waals surface area contributed by atoms with Crippen molar-refractivity contribution < 1.29 is 9.53 Å². The van der Waals surface area contributed by atoms with E-state index < -0.39 is 0 Å². The Balaban J connectivity index is 2.08. The van der Waals surface area contributed by atoms with E-state index in [1.165, 1.54) is 5.56 Å². The van der Waals surface area contributed by atoms with Gasteiger partial charge in [-0.05, 0) is 12.5 Å². The second-order valence-electron chi connectivity index (χ2n) is 3.33. The predicted molar refractivity (Wildman–Crippen MR) is 72.6 cm³/mol. The van der Waals surface area contributed by atoms with Gasteiger partial charge in [0.15, 0.2) is 0 Å². The van der Waals surface area contributed by atoms with E-state index >= 15 is 0 Å². The lowest BCUT2D eigenvalue weighted by molar-refractivity contribution is -0.141. The fourth-order valence-corrected chi connectivity index (χ4v) is 1.96. The molecule has 0 N–H and O–H groups in total. The van der Waals surface area contributed by atoms with Crippen LogP contribution < -0.4 is 0 Å². The first kappa shape index (κ1) is 13.8. The summed E-state index contributed by atoms with van der Waals surface area (Å²) in [5, 5.41) is 0. The minimum Gasteiger partial charge on any atom is -0.465 e. The molecule has 0 saturated heterocycles. The van der Waals surface area contributed by atoms with Crippen LogP contribution in [0.2, 0.25) is 0 Å². The summed E-state index contributed by atoms with van der Waals surface area (Å²) in [6.07, 6.45) is 1.77. The largest absolute Gasteiger partial charge is 0.465 e. The molecule has 4 heteroatoms. The number of esters is 1. The summed E-state index contributed by atoms with van der Waals surface area (Å²) in [7, 11) is 0. The molecule has 1 rings (SSSR count). The van der Waals surface area contributed by atoms with E-state index in [1.807, 2.05) is 18.2 Å². The Bertz CT molecular complexity index is 352. The highest BCUT2D eigenvalue weighted by Crippen LogP contribution is 2.10. The molecule has 0 spiro atoms. The standard InChI is InChI=1S/C13H17NO2S/c1-2-16-13(15)10-14-8-9-17-11-12-6-4-3-5-7-12/h3-8H,2,9-11H2,1H3. The Morgan fingerprint density at radius 1 is 1.41 bits per heavy atom. The summed E-state index contributed by atoms with van der Waals surface area (Å²) >= 11 is 1.77. The molecule has 0 unspecified atom stereocenters. The number of benzene rings is 1. The van der Waals surface area contributed by atoms with Crippen molar-refractivity contribution >= 4 is 23.9 Å². The molecule has 92 valence electrons. The molecule has 1 aromatic carbocycles. The topological polar surface area (TPSA) is 38.7 Å². The molecule has 0 fully saturated rings. The van der Waals surface area contributed by atoms with Crippen molar-refractivity contribution in [3.63, 3.8) is 0 Å². The van der Waals surface area contributed by atoms with Crippen LogP contribution in [0.3, 0.4) is 0 Å². The van der Waals surface area contributed by atoms with E-state index in [0.717, 1.165) is 11.5 Å². The van der Waals surface area contributed by atoms with Gasteiger partial charge in [0.25, 0.3) is 0 Å². The third-order valence-corrected chi connectivity index (χ3v) is 2.88. The normalized spacial score (nSPS) is 10.6. The Morgan fingerprint density at radius 3 is 2.88 bits per heavy atom. The highest BCUT2D eigenvalue weighted by molar-refractivity contribution is 7.99. The second kappa shape index (κ2) is 8.82. The van der Waals surface area contributed by atoms with Crippen LogP contribution in [0.15, 0.2) is 35.3 Å². The van der Waals surface area contributed by atoms with E-state index in [2.05, 4.69) is 17.1 Å². The molecule has 3 nitrogen and oxygen atoms in total. The highest BCUT2D eigenvalue weighted by Gasteiger charge is 1.96. The van der Waals surface area contributed by atoms with Gasteiger partial charge in [-0.2, -0.15) is 11.8 Å². The number of thioether (sulfide) groups is 1. The number of aliphatic imine (C=N–C) groups is 1. The van der Waals surface area contributed by atoms with Gasteiger partial charge in [-0.15, -0.1) is 0 Å². The molecular formula is C13H17NO2S. The van der Waals surface area contributed by atoms with Crippen molar-refractivity contribution in [1.29, 1.82) is 0 Å². The number of carbonyl (C=O) groups excluding carboxylic acids is 1. The lowest BCUT2D eigenvalue weighted by Crippen LogP contribution is -2.07. The number of carbonyl (C=O) groups is 1. The first-order valence-corrected chi connectivity index (χ1v) is 6.74. The van der Waals surface area contributed by atoms with Gasteiger partial charge >= 0.3 is 5.97 Å². The summed E-state index contributed by atoms with van der Waals surface area (Å²) < 4.78 is 4.76. The number of hydrogen-bond donors (Lipinski definition) is 0. The molecule has 0 saturated carbocycles. The SMILES string of the molecule is CCOC(=O)CN=CCSCc1ccccc1. The molecular weight excluding hydrogens is 234 g/mol. The predicted octanol–water partition coefficient (Wildman–Crippen LogP) is 2.55. The number of nitrogens with zero attached hydrogens (tertiary/aromatic N) is 1. The van der Waals surface area contributed by atoms with Crippen molar-refractivity contribution in [3.8, 4) is 0 Å². The average molecular weight is 251 g/mol. The maximum absolute atomic E-state index is 11.0. The molecule has 0 heterocycles. The van der Waals surface area contributed by atoms with Crippen molar-refractivity contribution in [1.82, 2.24) is 0 Å². The molecule has 1 aromatic rings. The van der Waals surface area contributed by atoms with Crippen molar-refractivity contribution in [3.05, 3.63) is 35.9 Å². The van der Waals surface area contributed by atoms with Crippen LogP contribution in [0.1, 0.15) is 12.5 Å². The maximum atomic E-state index is 11.0. The fourth-order valence-electron chi connectivity index (χ4n) is 1.20. The third-order valence-electron chi connectivity index (χ3n) is 1.96. The van der Waals surface area contributed by atoms with Crippen molar-refractivity contribution in [2.75, 3.05) is 18.9 Å². The molecule has 0 radical (unpaired) electrons. The van der Waals surface area contributed by atoms with Gasteiger partial charge in [0, 0.05) is 17.7 Å². The summed E-state index contributed by atoms with van der Waals surface area (Å²) in [5.41, 5.74) is 1.30. The Labute approximate surface area is 106 Å². The van der Waals surface area contributed by atoms with Crippen LogP contribution in [0.25, 0.3) is 0 Å². The number of hydrogen-bond acceptors (Lipinski definition) is 4. The van der Waals surface area contributed by atoms with E-state index in [1.54, 1.807) is 24.9 Å². The Kier molecular flexibility index (Phi) is 7.14. The number of ether oxygens (including phenoxy) is 1. The quantitative estimate of drug-likeness (QED) is 0.425. The zero-order valence-corrected chi connectivity index (χ0v) is 10.8. The molecule has 0 aliphatic rings. The van der Waals surface area contributed by atoms with Crippen molar-refractivity contribution in [2.24, 2.45) is 4.99 Å². The zero-order chi connectivity index (χ0) is 12.3. The third kappa shape index (κ3) is 6.79. The molecule has 0 bridgehead atoms. The molecule has 0 atom stereocenters. The monoisotopic (exact) mass is 251 g/mol. The first-order chi connectivity index (χ1) is 8.33. The fraction of sp³-hybridized carbons (Fsp3) is 0.385. The van der Waals surface area contributed by atoms with Crippen LogP contribution in [0.4, 0.5) is 0 Å². The second-order valence-corrected chi connectivity index (χ2v) is 4.36. The Hall–Kier alpha value is -1.29. The summed E-state index contributed by atoms with van der Waals surface area (Å²) in [4.78, 5) is 15.0. The highest BCUT2D eigenvalue weighted by atomic mass is 32.2. The van der Waals surface area contributed by atoms with Crippen molar-refractivity contribution in [2.45, 2.75) is 12.7 Å². The van der Waals surface area contributed by atoms with E-state index in [9.17, 15) is 4.79 Å². The smallest absolute Gasteiger partial charge is 0.327 e. The van der Waals surface area contributed by atoms with Gasteiger partial charge in [0.05, 0.1) is 6.61 Å². The summed E-state index contributed by atoms with van der Waals surface area (Å²) in [6, 6.07) is 10.3. The summed E-state index contributed by atoms with van der Waals surface area (Å²) in [6.45, 7) is 2.33. The van der Waals surface area contributed by atoms with Gasteiger partial charge in [0.1, 0.15) is 6.54 Å². The van der Waals surface area contributed by atoms with Gasteiger partial charge in [-0.3, -0.25) is 9.79 Å². The van der Waals surface area contributed by atoms with E-state index in [4.69, 9.17) is 4.74 Å². The number of rotatable bonds is 7. The first-order valence-electron chi connectivity index (χ1n) is 5.58. The molecule has 0 aliphatic carbocycles. The van der Waals surface area contributed by atoms with Crippen LogP contribution in [0, 0.1) is 0 Å². The van der Waals surface area contributed by atoms with Gasteiger partial charge < -0.3 is 4.74 Å². The van der Waals surface area contributed by atoms with Crippen LogP contribution in [0.5, 0.6) is 0 Å². The van der Waals surface area contributed by atoms with Gasteiger partial charge in [-0.25, -0.2) is 0 Å². The zero-order valence-electron chi connectivity index (χ0n) is 9.96. The Morgan fingerprint density at radius 2 is 2.18 bits per heavy atom. The molecule has 17 heavy (non-hydrogen) atoms. The average Bonchev–Trinajstić information content (AvgIpc) is 2.35. The summed E-state index contributed by atoms with van der Waals surface area (Å²) in [5.74, 6) is 1.51. The minimum atomic E-state index is -0.267. The van der Waals surface area contributed by atoms with Gasteiger partial charge in [0.2, 0.25) is 0 Å². The maximum Gasteiger partial charge on any atom is 0.327 e. The lowest BCUT2D eigenvalue weighted by Gasteiger charge is -1.98. The molecule has 0 aromatic heterocycles. The van der Waals surface area contributed by atoms with Crippen LogP contribution in [-0.4, -0.2) is 31.1 Å². The molecule has 0 aliphatic heterocycles. The molecule has 0 amide bonds. The van der Waals surface area contributed by atoms with E-state index in [0.29, 0.717) is 6.61 Å². The van der Waals surface area contributed by atoms with Gasteiger partial charge in [-0.1, -0.05) is 30.3 Å². The minimum absolute atomic E-state index is 0.125. The van der Waals surface area contributed by atoms with Crippen LogP contribution in [-0.2, 0) is 15.3 Å².